The summed E-state index contributed by atoms with van der Waals surface area (Å²) in [5.41, 5.74) is 1.57. The first-order chi connectivity index (χ1) is 11.6. The molecule has 0 fully saturated rings. The fourth-order valence-electron chi connectivity index (χ4n) is 2.48. The standard InChI is InChI=1S/C19H16F2N2O/c1-13(22-19(24)16-5-4-6-17(20)18(16)21)14-7-9-15(10-8-14)23-11-2-3-12-23/h2-13H,1H3,(H,22,24). The van der Waals surface area contributed by atoms with Crippen LogP contribution in [0.15, 0.2) is 67.0 Å². The van der Waals surface area contributed by atoms with E-state index < -0.39 is 17.5 Å². The van der Waals surface area contributed by atoms with Crippen LogP contribution < -0.4 is 5.32 Å². The van der Waals surface area contributed by atoms with Gasteiger partial charge in [-0.2, -0.15) is 0 Å². The van der Waals surface area contributed by atoms with E-state index in [1.54, 1.807) is 6.92 Å². The molecule has 0 bridgehead atoms. The molecule has 24 heavy (non-hydrogen) atoms. The first-order valence-electron chi connectivity index (χ1n) is 7.54. The van der Waals surface area contributed by atoms with Crippen molar-refractivity contribution < 1.29 is 13.6 Å². The number of carbonyl (C=O) groups excluding carboxylic acids is 1. The Morgan fingerprint density at radius 1 is 1.00 bits per heavy atom. The second-order valence-corrected chi connectivity index (χ2v) is 5.48. The molecule has 3 nitrogen and oxygen atoms in total. The van der Waals surface area contributed by atoms with Crippen molar-refractivity contribution in [1.29, 1.82) is 0 Å². The van der Waals surface area contributed by atoms with Crippen LogP contribution in [-0.4, -0.2) is 10.5 Å². The lowest BCUT2D eigenvalue weighted by Crippen LogP contribution is -2.27. The molecule has 2 aromatic carbocycles. The third-order valence-electron chi connectivity index (χ3n) is 3.84. The smallest absolute Gasteiger partial charge is 0.254 e. The molecule has 0 spiro atoms. The maximum absolute atomic E-state index is 13.7. The normalized spacial score (nSPS) is 12.0. The number of nitrogens with zero attached hydrogens (tertiary/aromatic N) is 1. The zero-order chi connectivity index (χ0) is 17.1. The van der Waals surface area contributed by atoms with Crippen LogP contribution in [0, 0.1) is 11.6 Å². The molecule has 0 aliphatic carbocycles. The number of benzene rings is 2. The number of aromatic nitrogens is 1. The van der Waals surface area contributed by atoms with E-state index in [-0.39, 0.29) is 11.6 Å². The molecule has 0 aliphatic rings. The zero-order valence-electron chi connectivity index (χ0n) is 13.0. The number of carbonyl (C=O) groups is 1. The van der Waals surface area contributed by atoms with Gasteiger partial charge in [-0.05, 0) is 48.9 Å². The van der Waals surface area contributed by atoms with Gasteiger partial charge in [-0.3, -0.25) is 4.79 Å². The summed E-state index contributed by atoms with van der Waals surface area (Å²) in [7, 11) is 0. The first-order valence-corrected chi connectivity index (χ1v) is 7.54. The minimum Gasteiger partial charge on any atom is -0.345 e. The van der Waals surface area contributed by atoms with Crippen molar-refractivity contribution in [3.8, 4) is 5.69 Å². The van der Waals surface area contributed by atoms with Gasteiger partial charge in [0.15, 0.2) is 11.6 Å². The summed E-state index contributed by atoms with van der Waals surface area (Å²) in [4.78, 5) is 12.1. The van der Waals surface area contributed by atoms with Gasteiger partial charge >= 0.3 is 0 Å². The quantitative estimate of drug-likeness (QED) is 0.764. The molecule has 0 saturated carbocycles. The lowest BCUT2D eigenvalue weighted by molar-refractivity contribution is 0.0934. The molecule has 5 heteroatoms. The summed E-state index contributed by atoms with van der Waals surface area (Å²) in [6, 6.07) is 14.7. The largest absolute Gasteiger partial charge is 0.345 e. The second kappa shape index (κ2) is 6.66. The van der Waals surface area contributed by atoms with E-state index in [0.29, 0.717) is 0 Å². The Morgan fingerprint density at radius 2 is 1.67 bits per heavy atom. The SMILES string of the molecule is CC(NC(=O)c1cccc(F)c1F)c1ccc(-n2cccc2)cc1. The molecule has 1 N–H and O–H groups in total. The molecule has 122 valence electrons. The maximum Gasteiger partial charge on any atom is 0.254 e. The average Bonchev–Trinajstić information content (AvgIpc) is 3.12. The van der Waals surface area contributed by atoms with Gasteiger partial charge in [0.05, 0.1) is 11.6 Å². The van der Waals surface area contributed by atoms with Crippen molar-refractivity contribution in [3.63, 3.8) is 0 Å². The van der Waals surface area contributed by atoms with Gasteiger partial charge in [0.2, 0.25) is 0 Å². The predicted octanol–water partition coefficient (Wildman–Crippen LogP) is 4.25. The lowest BCUT2D eigenvalue weighted by Gasteiger charge is -2.15. The van der Waals surface area contributed by atoms with E-state index in [4.69, 9.17) is 0 Å². The second-order valence-electron chi connectivity index (χ2n) is 5.48. The summed E-state index contributed by atoms with van der Waals surface area (Å²) in [5, 5.41) is 2.68. The van der Waals surface area contributed by atoms with Crippen molar-refractivity contribution in [2.24, 2.45) is 0 Å². The minimum absolute atomic E-state index is 0.300. The third kappa shape index (κ3) is 3.20. The van der Waals surface area contributed by atoms with Crippen molar-refractivity contribution >= 4 is 5.91 Å². The predicted molar refractivity (Wildman–Crippen MR) is 88.0 cm³/mol. The molecule has 1 heterocycles. The van der Waals surface area contributed by atoms with Crippen LogP contribution in [-0.2, 0) is 0 Å². The Balaban J connectivity index is 1.73. The van der Waals surface area contributed by atoms with Crippen molar-refractivity contribution in [1.82, 2.24) is 9.88 Å². The summed E-state index contributed by atoms with van der Waals surface area (Å²) in [5.74, 6) is -2.81. The summed E-state index contributed by atoms with van der Waals surface area (Å²) < 4.78 is 28.9. The van der Waals surface area contributed by atoms with E-state index in [2.05, 4.69) is 5.32 Å². The highest BCUT2D eigenvalue weighted by molar-refractivity contribution is 5.94. The van der Waals surface area contributed by atoms with Gasteiger partial charge in [-0.25, -0.2) is 8.78 Å². The van der Waals surface area contributed by atoms with Gasteiger partial charge in [0.1, 0.15) is 0 Å². The number of amides is 1. The average molecular weight is 326 g/mol. The van der Waals surface area contributed by atoms with Crippen LogP contribution in [0.1, 0.15) is 28.9 Å². The van der Waals surface area contributed by atoms with Gasteiger partial charge in [-0.1, -0.05) is 18.2 Å². The monoisotopic (exact) mass is 326 g/mol. The molecule has 0 aliphatic heterocycles. The fraction of sp³-hybridized carbons (Fsp3) is 0.105. The number of halogens is 2. The minimum atomic E-state index is -1.13. The van der Waals surface area contributed by atoms with Crippen LogP contribution >= 0.6 is 0 Å². The van der Waals surface area contributed by atoms with E-state index in [1.807, 2.05) is 53.4 Å². The van der Waals surface area contributed by atoms with Gasteiger partial charge < -0.3 is 9.88 Å². The molecule has 3 aromatic rings. The summed E-state index contributed by atoms with van der Waals surface area (Å²) >= 11 is 0. The molecular formula is C19H16F2N2O. The number of hydrogen-bond donors (Lipinski definition) is 1. The lowest BCUT2D eigenvalue weighted by atomic mass is 10.1. The highest BCUT2D eigenvalue weighted by Crippen LogP contribution is 2.18. The molecular weight excluding hydrogens is 310 g/mol. The summed E-state index contributed by atoms with van der Waals surface area (Å²) in [6.45, 7) is 1.79. The zero-order valence-corrected chi connectivity index (χ0v) is 13.0. The Morgan fingerprint density at radius 3 is 2.33 bits per heavy atom. The fourth-order valence-corrected chi connectivity index (χ4v) is 2.48. The molecule has 0 radical (unpaired) electrons. The molecule has 1 amide bonds. The topological polar surface area (TPSA) is 34.0 Å². The Kier molecular flexibility index (Phi) is 4.42. The molecule has 1 atom stereocenters. The van der Waals surface area contributed by atoms with Crippen molar-refractivity contribution in [2.75, 3.05) is 0 Å². The summed E-state index contributed by atoms with van der Waals surface area (Å²) in [6.07, 6.45) is 3.87. The van der Waals surface area contributed by atoms with Crippen LogP contribution in [0.3, 0.4) is 0 Å². The number of rotatable bonds is 4. The highest BCUT2D eigenvalue weighted by atomic mass is 19.2. The molecule has 3 rings (SSSR count). The van der Waals surface area contributed by atoms with Crippen LogP contribution in [0.25, 0.3) is 5.69 Å². The van der Waals surface area contributed by atoms with Crippen molar-refractivity contribution in [2.45, 2.75) is 13.0 Å². The first kappa shape index (κ1) is 15.9. The van der Waals surface area contributed by atoms with E-state index in [9.17, 15) is 13.6 Å². The van der Waals surface area contributed by atoms with Gasteiger partial charge in [0, 0.05) is 18.1 Å². The molecule has 0 saturated heterocycles. The van der Waals surface area contributed by atoms with Gasteiger partial charge in [0.25, 0.3) is 5.91 Å². The molecule has 1 unspecified atom stereocenters. The number of nitrogens with one attached hydrogen (secondary N) is 1. The number of hydrogen-bond acceptors (Lipinski definition) is 1. The van der Waals surface area contributed by atoms with E-state index in [0.717, 1.165) is 17.3 Å². The van der Waals surface area contributed by atoms with Crippen LogP contribution in [0.4, 0.5) is 8.78 Å². The Labute approximate surface area is 138 Å². The van der Waals surface area contributed by atoms with Crippen LogP contribution in [0.5, 0.6) is 0 Å². The van der Waals surface area contributed by atoms with Crippen molar-refractivity contribution in [3.05, 3.63) is 89.8 Å². The third-order valence-corrected chi connectivity index (χ3v) is 3.84. The molecule has 1 aromatic heterocycles. The van der Waals surface area contributed by atoms with E-state index in [1.165, 1.54) is 12.1 Å². The highest BCUT2D eigenvalue weighted by Gasteiger charge is 2.17. The van der Waals surface area contributed by atoms with E-state index >= 15 is 0 Å². The van der Waals surface area contributed by atoms with Gasteiger partial charge in [-0.15, -0.1) is 0 Å². The Hall–Kier alpha value is -2.95. The maximum atomic E-state index is 13.7. The van der Waals surface area contributed by atoms with Crippen LogP contribution in [0.2, 0.25) is 0 Å². The Bertz CT molecular complexity index is 842.